The third kappa shape index (κ3) is 3.78. The molecular formula is C21H18Cl3N5O. The van der Waals surface area contributed by atoms with E-state index in [1.54, 1.807) is 19.5 Å². The van der Waals surface area contributed by atoms with Crippen molar-refractivity contribution < 1.29 is 4.74 Å². The summed E-state index contributed by atoms with van der Waals surface area (Å²) in [5.41, 5.74) is 4.72. The summed E-state index contributed by atoms with van der Waals surface area (Å²) in [6.45, 7) is 3.94. The van der Waals surface area contributed by atoms with Crippen molar-refractivity contribution in [2.75, 3.05) is 12.4 Å². The van der Waals surface area contributed by atoms with E-state index in [-0.39, 0.29) is 6.04 Å². The lowest BCUT2D eigenvalue weighted by atomic mass is 9.94. The van der Waals surface area contributed by atoms with Gasteiger partial charge in [0, 0.05) is 26.2 Å². The molecule has 2 heterocycles. The Morgan fingerprint density at radius 3 is 2.47 bits per heavy atom. The molecule has 4 aromatic rings. The summed E-state index contributed by atoms with van der Waals surface area (Å²) in [7, 11) is 1.63. The molecule has 0 bridgehead atoms. The number of halogens is 3. The molecule has 1 atom stereocenters. The molecule has 0 spiro atoms. The molecule has 4 rings (SSSR count). The van der Waals surface area contributed by atoms with Crippen LogP contribution >= 0.6 is 34.8 Å². The Kier molecular flexibility index (Phi) is 5.73. The summed E-state index contributed by atoms with van der Waals surface area (Å²) in [6.07, 6.45) is 3.05. The van der Waals surface area contributed by atoms with Crippen LogP contribution in [-0.4, -0.2) is 27.0 Å². The van der Waals surface area contributed by atoms with Crippen LogP contribution in [0.15, 0.2) is 36.9 Å². The molecule has 0 saturated heterocycles. The normalized spacial score (nSPS) is 12.2. The van der Waals surface area contributed by atoms with E-state index in [9.17, 15) is 0 Å². The number of aromatic nitrogens is 4. The molecule has 0 amide bonds. The Labute approximate surface area is 188 Å². The highest BCUT2D eigenvalue weighted by Crippen LogP contribution is 2.44. The van der Waals surface area contributed by atoms with Crippen molar-refractivity contribution in [3.05, 3.63) is 63.1 Å². The number of rotatable bonds is 5. The smallest absolute Gasteiger partial charge is 0.182 e. The SMILES string of the molecule is COc1c(C(C)Nc2ncnc3nc[nH]c23)cc(Cl)c(C)c1-c1cc(Cl)cc(Cl)c1. The van der Waals surface area contributed by atoms with Gasteiger partial charge in [-0.2, -0.15) is 0 Å². The number of nitrogens with zero attached hydrogens (tertiary/aromatic N) is 3. The van der Waals surface area contributed by atoms with E-state index in [2.05, 4.69) is 25.3 Å². The molecule has 1 unspecified atom stereocenters. The van der Waals surface area contributed by atoms with E-state index in [4.69, 9.17) is 39.5 Å². The van der Waals surface area contributed by atoms with Gasteiger partial charge in [0.25, 0.3) is 0 Å². The van der Waals surface area contributed by atoms with E-state index in [0.29, 0.717) is 32.3 Å². The van der Waals surface area contributed by atoms with E-state index in [0.717, 1.165) is 27.8 Å². The quantitative estimate of drug-likeness (QED) is 0.355. The van der Waals surface area contributed by atoms with Gasteiger partial charge in [-0.05, 0) is 49.2 Å². The molecule has 154 valence electrons. The Morgan fingerprint density at radius 1 is 1.03 bits per heavy atom. The van der Waals surface area contributed by atoms with Gasteiger partial charge in [-0.25, -0.2) is 15.0 Å². The van der Waals surface area contributed by atoms with Crippen LogP contribution in [0.2, 0.25) is 15.1 Å². The number of aromatic amines is 1. The van der Waals surface area contributed by atoms with Gasteiger partial charge in [-0.1, -0.05) is 34.8 Å². The van der Waals surface area contributed by atoms with Gasteiger partial charge in [-0.15, -0.1) is 0 Å². The largest absolute Gasteiger partial charge is 0.496 e. The maximum absolute atomic E-state index is 6.61. The van der Waals surface area contributed by atoms with Crippen LogP contribution in [0.25, 0.3) is 22.3 Å². The highest BCUT2D eigenvalue weighted by Gasteiger charge is 2.22. The van der Waals surface area contributed by atoms with E-state index in [1.807, 2.05) is 32.0 Å². The second-order valence-electron chi connectivity index (χ2n) is 6.83. The second-order valence-corrected chi connectivity index (χ2v) is 8.11. The van der Waals surface area contributed by atoms with E-state index >= 15 is 0 Å². The number of fused-ring (bicyclic) bond motifs is 1. The molecule has 30 heavy (non-hydrogen) atoms. The molecule has 0 saturated carbocycles. The fourth-order valence-electron chi connectivity index (χ4n) is 3.49. The predicted octanol–water partition coefficient (Wildman–Crippen LogP) is 6.47. The zero-order chi connectivity index (χ0) is 21.4. The van der Waals surface area contributed by atoms with Gasteiger partial charge in [0.05, 0.1) is 19.5 Å². The molecule has 0 aliphatic rings. The molecule has 6 nitrogen and oxygen atoms in total. The van der Waals surface area contributed by atoms with Crippen molar-refractivity contribution in [3.8, 4) is 16.9 Å². The first-order valence-electron chi connectivity index (χ1n) is 9.13. The Morgan fingerprint density at radius 2 is 1.77 bits per heavy atom. The lowest BCUT2D eigenvalue weighted by Crippen LogP contribution is -2.11. The maximum Gasteiger partial charge on any atom is 0.182 e. The van der Waals surface area contributed by atoms with Crippen molar-refractivity contribution in [2.24, 2.45) is 0 Å². The molecule has 0 aliphatic heterocycles. The average molecular weight is 463 g/mol. The molecule has 0 aliphatic carbocycles. The van der Waals surface area contributed by atoms with Crippen LogP contribution in [0.5, 0.6) is 5.75 Å². The Balaban J connectivity index is 1.83. The van der Waals surface area contributed by atoms with Crippen molar-refractivity contribution in [1.82, 2.24) is 19.9 Å². The number of nitrogens with one attached hydrogen (secondary N) is 2. The maximum atomic E-state index is 6.61. The van der Waals surface area contributed by atoms with Gasteiger partial charge in [0.1, 0.15) is 17.6 Å². The second kappa shape index (κ2) is 8.30. The number of hydrogen-bond acceptors (Lipinski definition) is 5. The summed E-state index contributed by atoms with van der Waals surface area (Å²) < 4.78 is 5.84. The lowest BCUT2D eigenvalue weighted by Gasteiger charge is -2.23. The summed E-state index contributed by atoms with van der Waals surface area (Å²) in [6, 6.07) is 7.08. The standard InChI is InChI=1S/C21H18Cl3N5O/c1-10-16(24)7-15(11(2)29-21-18-20(26-8-25-18)27-9-28-21)19(30-3)17(10)12-4-13(22)6-14(23)5-12/h4-9,11H,1-3H3,(H2,25,26,27,28,29). The predicted molar refractivity (Wildman–Crippen MR) is 122 cm³/mol. The third-order valence-electron chi connectivity index (χ3n) is 4.90. The minimum absolute atomic E-state index is 0.187. The third-order valence-corrected chi connectivity index (χ3v) is 5.73. The lowest BCUT2D eigenvalue weighted by molar-refractivity contribution is 0.409. The highest BCUT2D eigenvalue weighted by atomic mass is 35.5. The number of hydrogen-bond donors (Lipinski definition) is 2. The van der Waals surface area contributed by atoms with Crippen molar-refractivity contribution in [3.63, 3.8) is 0 Å². The van der Waals surface area contributed by atoms with E-state index in [1.165, 1.54) is 6.33 Å². The van der Waals surface area contributed by atoms with Crippen LogP contribution in [0.1, 0.15) is 24.1 Å². The van der Waals surface area contributed by atoms with Gasteiger partial charge in [-0.3, -0.25) is 0 Å². The summed E-state index contributed by atoms with van der Waals surface area (Å²) in [4.78, 5) is 15.7. The zero-order valence-corrected chi connectivity index (χ0v) is 18.7. The fraction of sp³-hybridized carbons (Fsp3) is 0.190. The first-order chi connectivity index (χ1) is 14.4. The van der Waals surface area contributed by atoms with Gasteiger partial charge in [0.2, 0.25) is 0 Å². The molecule has 0 fully saturated rings. The topological polar surface area (TPSA) is 75.7 Å². The van der Waals surface area contributed by atoms with Crippen LogP contribution < -0.4 is 10.1 Å². The van der Waals surface area contributed by atoms with E-state index < -0.39 is 0 Å². The zero-order valence-electron chi connectivity index (χ0n) is 16.4. The molecule has 2 aromatic carbocycles. The summed E-state index contributed by atoms with van der Waals surface area (Å²) >= 11 is 19.1. The summed E-state index contributed by atoms with van der Waals surface area (Å²) in [5, 5.41) is 5.08. The van der Waals surface area contributed by atoms with Crippen molar-refractivity contribution in [1.29, 1.82) is 0 Å². The van der Waals surface area contributed by atoms with Crippen LogP contribution in [0, 0.1) is 6.92 Å². The van der Waals surface area contributed by atoms with Crippen LogP contribution in [-0.2, 0) is 0 Å². The van der Waals surface area contributed by atoms with Crippen molar-refractivity contribution >= 4 is 51.8 Å². The number of imidazole rings is 1. The van der Waals surface area contributed by atoms with Gasteiger partial charge >= 0.3 is 0 Å². The minimum atomic E-state index is -0.187. The number of benzene rings is 2. The fourth-order valence-corrected chi connectivity index (χ4v) is 4.23. The molecule has 2 N–H and O–H groups in total. The monoisotopic (exact) mass is 461 g/mol. The van der Waals surface area contributed by atoms with Gasteiger partial charge in [0.15, 0.2) is 11.5 Å². The van der Waals surface area contributed by atoms with Gasteiger partial charge < -0.3 is 15.0 Å². The molecule has 2 aromatic heterocycles. The number of ether oxygens (including phenoxy) is 1. The van der Waals surface area contributed by atoms with Crippen LogP contribution in [0.4, 0.5) is 5.82 Å². The minimum Gasteiger partial charge on any atom is -0.496 e. The first-order valence-corrected chi connectivity index (χ1v) is 10.3. The summed E-state index contributed by atoms with van der Waals surface area (Å²) in [5.74, 6) is 1.32. The van der Waals surface area contributed by atoms with Crippen molar-refractivity contribution in [2.45, 2.75) is 19.9 Å². The molecular weight excluding hydrogens is 445 g/mol. The number of H-pyrrole nitrogens is 1. The number of methoxy groups -OCH3 is 1. The average Bonchev–Trinajstić information content (AvgIpc) is 3.18. The first kappa shape index (κ1) is 20.7. The molecule has 0 radical (unpaired) electrons. The Bertz CT molecular complexity index is 1220. The Hall–Kier alpha value is -2.54. The number of anilines is 1. The highest BCUT2D eigenvalue weighted by molar-refractivity contribution is 6.35. The van der Waals surface area contributed by atoms with Crippen LogP contribution in [0.3, 0.4) is 0 Å². The molecule has 9 heteroatoms.